The molecule has 1 fully saturated rings. The molecule has 2 amide bonds. The van der Waals surface area contributed by atoms with Gasteiger partial charge >= 0.3 is 0 Å². The Balaban J connectivity index is 0.00000392. The van der Waals surface area contributed by atoms with Crippen molar-refractivity contribution >= 4 is 35.6 Å². The molecule has 1 aliphatic heterocycles. The van der Waals surface area contributed by atoms with Gasteiger partial charge < -0.3 is 20.7 Å². The van der Waals surface area contributed by atoms with Crippen LogP contribution >= 0.6 is 12.4 Å². The third kappa shape index (κ3) is 6.96. The third-order valence-corrected chi connectivity index (χ3v) is 5.16. The molecule has 0 spiro atoms. The van der Waals surface area contributed by atoms with E-state index in [0.717, 1.165) is 38.4 Å². The van der Waals surface area contributed by atoms with E-state index in [-0.39, 0.29) is 30.3 Å². The SMILES string of the molecule is CNCCC1CCN(C(C)C(=O)Nc2cc(NC(C)=O)ccc2OC)CC1.Cl. The first kappa shape index (κ1) is 24.2. The lowest BCUT2D eigenvalue weighted by molar-refractivity contribution is -0.121. The van der Waals surface area contributed by atoms with Crippen LogP contribution in [0.2, 0.25) is 0 Å². The topological polar surface area (TPSA) is 82.7 Å². The number of nitrogens with zero attached hydrogens (tertiary/aromatic N) is 1. The van der Waals surface area contributed by atoms with E-state index in [1.54, 1.807) is 25.3 Å². The van der Waals surface area contributed by atoms with E-state index in [0.29, 0.717) is 17.1 Å². The van der Waals surface area contributed by atoms with Crippen LogP contribution in [0, 0.1) is 5.92 Å². The summed E-state index contributed by atoms with van der Waals surface area (Å²) < 4.78 is 5.34. The molecule has 1 atom stereocenters. The predicted octanol–water partition coefficient (Wildman–Crippen LogP) is 2.72. The summed E-state index contributed by atoms with van der Waals surface area (Å²) >= 11 is 0. The number of halogens is 1. The first-order valence-corrected chi connectivity index (χ1v) is 9.59. The van der Waals surface area contributed by atoms with Gasteiger partial charge in [0, 0.05) is 12.6 Å². The molecule has 8 heteroatoms. The molecule has 0 aliphatic carbocycles. The zero-order valence-corrected chi connectivity index (χ0v) is 18.0. The van der Waals surface area contributed by atoms with Crippen LogP contribution in [0.3, 0.4) is 0 Å². The fourth-order valence-corrected chi connectivity index (χ4v) is 3.47. The molecule has 2 rings (SSSR count). The predicted molar refractivity (Wildman–Crippen MR) is 115 cm³/mol. The van der Waals surface area contributed by atoms with E-state index in [1.165, 1.54) is 13.3 Å². The van der Waals surface area contributed by atoms with E-state index >= 15 is 0 Å². The Morgan fingerprint density at radius 1 is 1.25 bits per heavy atom. The highest BCUT2D eigenvalue weighted by Crippen LogP contribution is 2.29. The Labute approximate surface area is 174 Å². The number of benzene rings is 1. The van der Waals surface area contributed by atoms with Gasteiger partial charge in [0.1, 0.15) is 5.75 Å². The van der Waals surface area contributed by atoms with Gasteiger partial charge in [-0.1, -0.05) is 0 Å². The Kier molecular flexibility index (Phi) is 10.3. The van der Waals surface area contributed by atoms with Gasteiger partial charge in [0.15, 0.2) is 0 Å². The Hall–Kier alpha value is -1.83. The van der Waals surface area contributed by atoms with Crippen LogP contribution in [0.5, 0.6) is 5.75 Å². The fourth-order valence-electron chi connectivity index (χ4n) is 3.47. The second kappa shape index (κ2) is 11.9. The monoisotopic (exact) mass is 412 g/mol. The number of carbonyl (C=O) groups excluding carboxylic acids is 2. The molecule has 3 N–H and O–H groups in total. The van der Waals surface area contributed by atoms with Crippen molar-refractivity contribution in [2.75, 3.05) is 44.4 Å². The van der Waals surface area contributed by atoms with Crippen LogP contribution in [0.1, 0.15) is 33.1 Å². The smallest absolute Gasteiger partial charge is 0.241 e. The van der Waals surface area contributed by atoms with E-state index < -0.39 is 0 Å². The third-order valence-electron chi connectivity index (χ3n) is 5.16. The van der Waals surface area contributed by atoms with E-state index in [4.69, 9.17) is 4.74 Å². The zero-order chi connectivity index (χ0) is 19.8. The molecule has 1 saturated heterocycles. The molecular formula is C20H33ClN4O3. The summed E-state index contributed by atoms with van der Waals surface area (Å²) in [5.74, 6) is 1.07. The average Bonchev–Trinajstić information content (AvgIpc) is 2.66. The normalized spacial score (nSPS) is 16.0. The fraction of sp³-hybridized carbons (Fsp3) is 0.600. The molecule has 28 heavy (non-hydrogen) atoms. The molecule has 158 valence electrons. The number of rotatable bonds is 8. The van der Waals surface area contributed by atoms with Crippen molar-refractivity contribution in [2.24, 2.45) is 5.92 Å². The van der Waals surface area contributed by atoms with Gasteiger partial charge in [0.05, 0.1) is 18.8 Å². The van der Waals surface area contributed by atoms with Crippen molar-refractivity contribution in [3.8, 4) is 5.75 Å². The van der Waals surface area contributed by atoms with Crippen molar-refractivity contribution in [2.45, 2.75) is 39.2 Å². The summed E-state index contributed by atoms with van der Waals surface area (Å²) in [5, 5.41) is 8.88. The Morgan fingerprint density at radius 2 is 1.93 bits per heavy atom. The Bertz CT molecular complexity index is 648. The highest BCUT2D eigenvalue weighted by Gasteiger charge is 2.27. The van der Waals surface area contributed by atoms with Gasteiger partial charge in [-0.05, 0) is 77.0 Å². The van der Waals surface area contributed by atoms with E-state index in [2.05, 4.69) is 20.9 Å². The second-order valence-corrected chi connectivity index (χ2v) is 7.13. The minimum atomic E-state index is -0.218. The summed E-state index contributed by atoms with van der Waals surface area (Å²) in [5.41, 5.74) is 1.18. The molecular weight excluding hydrogens is 380 g/mol. The van der Waals surface area contributed by atoms with Crippen LogP contribution in [-0.2, 0) is 9.59 Å². The lowest BCUT2D eigenvalue weighted by atomic mass is 9.93. The van der Waals surface area contributed by atoms with Gasteiger partial charge in [0.2, 0.25) is 11.8 Å². The van der Waals surface area contributed by atoms with Crippen molar-refractivity contribution in [1.82, 2.24) is 10.2 Å². The molecule has 0 saturated carbocycles. The average molecular weight is 413 g/mol. The maximum absolute atomic E-state index is 12.8. The molecule has 0 bridgehead atoms. The first-order valence-electron chi connectivity index (χ1n) is 9.59. The lowest BCUT2D eigenvalue weighted by Gasteiger charge is -2.35. The number of piperidine rings is 1. The first-order chi connectivity index (χ1) is 12.9. The largest absolute Gasteiger partial charge is 0.495 e. The summed E-state index contributed by atoms with van der Waals surface area (Å²) in [6, 6.07) is 4.98. The maximum atomic E-state index is 12.8. The van der Waals surface area contributed by atoms with Crippen molar-refractivity contribution in [1.29, 1.82) is 0 Å². The summed E-state index contributed by atoms with van der Waals surface area (Å²) in [4.78, 5) is 26.3. The second-order valence-electron chi connectivity index (χ2n) is 7.13. The molecule has 1 aromatic carbocycles. The van der Waals surface area contributed by atoms with Crippen LogP contribution in [0.15, 0.2) is 18.2 Å². The number of amides is 2. The number of hydrogen-bond donors (Lipinski definition) is 3. The van der Waals surface area contributed by atoms with E-state index in [1.807, 2.05) is 14.0 Å². The molecule has 1 aromatic rings. The van der Waals surface area contributed by atoms with Gasteiger partial charge in [-0.25, -0.2) is 0 Å². The molecule has 1 aliphatic rings. The van der Waals surface area contributed by atoms with Gasteiger partial charge in [-0.2, -0.15) is 0 Å². The molecule has 0 aromatic heterocycles. The van der Waals surface area contributed by atoms with Crippen molar-refractivity contribution in [3.63, 3.8) is 0 Å². The van der Waals surface area contributed by atoms with Crippen molar-refractivity contribution < 1.29 is 14.3 Å². The van der Waals surface area contributed by atoms with Gasteiger partial charge in [-0.15, -0.1) is 12.4 Å². The number of ether oxygens (including phenoxy) is 1. The summed E-state index contributed by atoms with van der Waals surface area (Å²) in [6.07, 6.45) is 3.44. The van der Waals surface area contributed by atoms with Gasteiger partial charge in [0.25, 0.3) is 0 Å². The van der Waals surface area contributed by atoms with Crippen LogP contribution in [-0.4, -0.2) is 56.5 Å². The quantitative estimate of drug-likeness (QED) is 0.611. The van der Waals surface area contributed by atoms with Crippen LogP contribution in [0.4, 0.5) is 11.4 Å². The minimum Gasteiger partial charge on any atom is -0.495 e. The van der Waals surface area contributed by atoms with Crippen LogP contribution in [0.25, 0.3) is 0 Å². The zero-order valence-electron chi connectivity index (χ0n) is 17.2. The number of nitrogens with one attached hydrogen (secondary N) is 3. The molecule has 1 heterocycles. The number of likely N-dealkylation sites (tertiary alicyclic amines) is 1. The number of anilines is 2. The van der Waals surface area contributed by atoms with Crippen LogP contribution < -0.4 is 20.7 Å². The highest BCUT2D eigenvalue weighted by atomic mass is 35.5. The van der Waals surface area contributed by atoms with Gasteiger partial charge in [-0.3, -0.25) is 14.5 Å². The maximum Gasteiger partial charge on any atom is 0.241 e. The number of carbonyl (C=O) groups is 2. The van der Waals surface area contributed by atoms with E-state index in [9.17, 15) is 9.59 Å². The lowest BCUT2D eigenvalue weighted by Crippen LogP contribution is -2.46. The minimum absolute atomic E-state index is 0. The standard InChI is InChI=1S/C20H32N4O3.ClH/c1-14(24-11-8-16(9-12-24)7-10-21-3)20(26)23-18-13-17(22-15(2)25)5-6-19(18)27-4;/h5-6,13-14,16,21H,7-12H2,1-4H3,(H,22,25)(H,23,26);1H. The molecule has 7 nitrogen and oxygen atoms in total. The molecule has 1 unspecified atom stereocenters. The molecule has 0 radical (unpaired) electrons. The number of hydrogen-bond acceptors (Lipinski definition) is 5. The summed E-state index contributed by atoms with van der Waals surface area (Å²) in [7, 11) is 3.54. The van der Waals surface area contributed by atoms with Crippen molar-refractivity contribution in [3.05, 3.63) is 18.2 Å². The Morgan fingerprint density at radius 3 is 2.50 bits per heavy atom. The number of methoxy groups -OCH3 is 1. The highest BCUT2D eigenvalue weighted by molar-refractivity contribution is 5.97. The summed E-state index contributed by atoms with van der Waals surface area (Å²) in [6.45, 7) is 6.31.